The van der Waals surface area contributed by atoms with E-state index in [1.54, 1.807) is 20.8 Å². The van der Waals surface area contributed by atoms with E-state index in [0.29, 0.717) is 0 Å². The summed E-state index contributed by atoms with van der Waals surface area (Å²) >= 11 is 0. The predicted molar refractivity (Wildman–Crippen MR) is 44.7 cm³/mol. The molecule has 0 aliphatic rings. The number of esters is 1. The molecule has 0 bridgehead atoms. The van der Waals surface area contributed by atoms with E-state index in [1.165, 1.54) is 0 Å². The molecule has 0 saturated heterocycles. The normalized spacial score (nSPS) is 12.8. The van der Waals surface area contributed by atoms with E-state index in [1.807, 2.05) is 0 Å². The van der Waals surface area contributed by atoms with Crippen molar-refractivity contribution in [2.45, 2.75) is 38.6 Å². The molecule has 0 atom stereocenters. The van der Waals surface area contributed by atoms with Crippen LogP contribution in [-0.4, -0.2) is 39.3 Å². The van der Waals surface area contributed by atoms with Gasteiger partial charge in [0.05, 0.1) is 6.61 Å². The number of aliphatic hydroxyl groups excluding tert-OH is 1. The molecule has 78 valence electrons. The van der Waals surface area contributed by atoms with Gasteiger partial charge in [0.15, 0.2) is 5.79 Å². The largest absolute Gasteiger partial charge is 0.460 e. The number of ether oxygens (including phenoxy) is 1. The predicted octanol–water partition coefficient (Wildman–Crippen LogP) is -0.609. The number of hydrogen-bond donors (Lipinski definition) is 3. The summed E-state index contributed by atoms with van der Waals surface area (Å²) in [6.07, 6.45) is -0.638. The van der Waals surface area contributed by atoms with Gasteiger partial charge in [-0.3, -0.25) is 4.79 Å². The summed E-state index contributed by atoms with van der Waals surface area (Å²) < 4.78 is 4.81. The third kappa shape index (κ3) is 6.51. The molecule has 0 unspecified atom stereocenters. The van der Waals surface area contributed by atoms with Crippen LogP contribution in [0.3, 0.4) is 0 Å². The monoisotopic (exact) mass is 192 g/mol. The Kier molecular flexibility index (Phi) is 3.84. The summed E-state index contributed by atoms with van der Waals surface area (Å²) in [5.74, 6) is -3.14. The van der Waals surface area contributed by atoms with Crippen LogP contribution in [0.25, 0.3) is 0 Å². The van der Waals surface area contributed by atoms with Gasteiger partial charge in [-0.1, -0.05) is 0 Å². The Morgan fingerprint density at radius 2 is 1.77 bits per heavy atom. The quantitative estimate of drug-likeness (QED) is 0.410. The van der Waals surface area contributed by atoms with Crippen molar-refractivity contribution in [1.29, 1.82) is 0 Å². The second-order valence-electron chi connectivity index (χ2n) is 3.90. The molecule has 0 spiro atoms. The van der Waals surface area contributed by atoms with E-state index in [2.05, 4.69) is 0 Å². The molecule has 13 heavy (non-hydrogen) atoms. The van der Waals surface area contributed by atoms with Crippen LogP contribution in [0, 0.1) is 0 Å². The molecule has 5 heteroatoms. The molecule has 0 rings (SSSR count). The van der Waals surface area contributed by atoms with Crippen molar-refractivity contribution in [3.63, 3.8) is 0 Å². The summed E-state index contributed by atoms with van der Waals surface area (Å²) in [4.78, 5) is 11.0. The average Bonchev–Trinajstić information content (AvgIpc) is 1.81. The average molecular weight is 192 g/mol. The SMILES string of the molecule is CC(C)(C)OC(=O)CC(O)(O)CO. The van der Waals surface area contributed by atoms with E-state index in [4.69, 9.17) is 20.1 Å². The van der Waals surface area contributed by atoms with Crippen molar-refractivity contribution >= 4 is 5.97 Å². The molecule has 0 heterocycles. The summed E-state index contributed by atoms with van der Waals surface area (Å²) in [7, 11) is 0. The minimum Gasteiger partial charge on any atom is -0.460 e. The summed E-state index contributed by atoms with van der Waals surface area (Å²) in [5.41, 5.74) is -0.664. The first-order valence-electron chi connectivity index (χ1n) is 3.94. The maximum atomic E-state index is 11.0. The van der Waals surface area contributed by atoms with Gasteiger partial charge in [-0.2, -0.15) is 0 Å². The Morgan fingerprint density at radius 1 is 1.31 bits per heavy atom. The molecule has 3 N–H and O–H groups in total. The molecule has 0 saturated carbocycles. The molecule has 0 radical (unpaired) electrons. The van der Waals surface area contributed by atoms with E-state index in [-0.39, 0.29) is 0 Å². The number of rotatable bonds is 3. The lowest BCUT2D eigenvalue weighted by atomic mass is 10.1. The van der Waals surface area contributed by atoms with Gasteiger partial charge in [-0.15, -0.1) is 0 Å². The summed E-state index contributed by atoms with van der Waals surface area (Å²) in [6.45, 7) is 4.10. The van der Waals surface area contributed by atoms with Crippen LogP contribution in [0.5, 0.6) is 0 Å². The van der Waals surface area contributed by atoms with Crippen molar-refractivity contribution in [2.75, 3.05) is 6.61 Å². The Balaban J connectivity index is 4.03. The van der Waals surface area contributed by atoms with Gasteiger partial charge >= 0.3 is 5.97 Å². The summed E-state index contributed by atoms with van der Waals surface area (Å²) in [5, 5.41) is 26.2. The fourth-order valence-electron chi connectivity index (χ4n) is 0.665. The first-order valence-corrected chi connectivity index (χ1v) is 3.94. The highest BCUT2D eigenvalue weighted by molar-refractivity contribution is 5.70. The second-order valence-corrected chi connectivity index (χ2v) is 3.90. The van der Waals surface area contributed by atoms with Crippen molar-refractivity contribution in [2.24, 2.45) is 0 Å². The van der Waals surface area contributed by atoms with Crippen LogP contribution < -0.4 is 0 Å². The zero-order valence-electron chi connectivity index (χ0n) is 8.07. The van der Waals surface area contributed by atoms with Gasteiger partial charge in [-0.25, -0.2) is 0 Å². The zero-order chi connectivity index (χ0) is 10.7. The van der Waals surface area contributed by atoms with Crippen molar-refractivity contribution in [3.8, 4) is 0 Å². The highest BCUT2D eigenvalue weighted by atomic mass is 16.6. The highest BCUT2D eigenvalue weighted by Gasteiger charge is 2.28. The van der Waals surface area contributed by atoms with Gasteiger partial charge in [0.1, 0.15) is 12.0 Å². The summed E-state index contributed by atoms with van der Waals surface area (Å²) in [6, 6.07) is 0. The Morgan fingerprint density at radius 3 is 2.08 bits per heavy atom. The minimum atomic E-state index is -2.39. The van der Waals surface area contributed by atoms with Crippen LogP contribution >= 0.6 is 0 Å². The highest BCUT2D eigenvalue weighted by Crippen LogP contribution is 2.12. The van der Waals surface area contributed by atoms with Crippen molar-refractivity contribution in [1.82, 2.24) is 0 Å². The molecule has 0 aromatic rings. The van der Waals surface area contributed by atoms with Crippen LogP contribution in [0.15, 0.2) is 0 Å². The lowest BCUT2D eigenvalue weighted by Gasteiger charge is -2.23. The van der Waals surface area contributed by atoms with Gasteiger partial charge in [0.2, 0.25) is 0 Å². The lowest BCUT2D eigenvalue weighted by Crippen LogP contribution is -2.37. The zero-order valence-corrected chi connectivity index (χ0v) is 8.07. The van der Waals surface area contributed by atoms with Crippen LogP contribution in [0.1, 0.15) is 27.2 Å². The molecular weight excluding hydrogens is 176 g/mol. The Labute approximate surface area is 77.0 Å². The van der Waals surface area contributed by atoms with E-state index < -0.39 is 30.4 Å². The maximum absolute atomic E-state index is 11.0. The fraction of sp³-hybridized carbons (Fsp3) is 0.875. The molecule has 0 aromatic heterocycles. The molecule has 0 aliphatic carbocycles. The molecule has 5 nitrogen and oxygen atoms in total. The molecule has 0 fully saturated rings. The van der Waals surface area contributed by atoms with Crippen LogP contribution in [-0.2, 0) is 9.53 Å². The van der Waals surface area contributed by atoms with E-state index in [9.17, 15) is 4.79 Å². The van der Waals surface area contributed by atoms with Gasteiger partial charge < -0.3 is 20.1 Å². The van der Waals surface area contributed by atoms with Crippen molar-refractivity contribution in [3.05, 3.63) is 0 Å². The number of aliphatic hydroxyl groups is 3. The minimum absolute atomic E-state index is 0.638. The number of carbonyl (C=O) groups excluding carboxylic acids is 1. The fourth-order valence-corrected chi connectivity index (χ4v) is 0.665. The maximum Gasteiger partial charge on any atom is 0.311 e. The molecular formula is C8H16O5. The Bertz CT molecular complexity index is 179. The van der Waals surface area contributed by atoms with E-state index >= 15 is 0 Å². The lowest BCUT2D eigenvalue weighted by molar-refractivity contribution is -0.205. The van der Waals surface area contributed by atoms with Gasteiger partial charge in [0.25, 0.3) is 0 Å². The first kappa shape index (κ1) is 12.3. The van der Waals surface area contributed by atoms with Gasteiger partial charge in [-0.05, 0) is 20.8 Å². The number of carbonyl (C=O) groups is 1. The molecule has 0 aromatic carbocycles. The number of hydrogen-bond acceptors (Lipinski definition) is 5. The second kappa shape index (κ2) is 4.04. The van der Waals surface area contributed by atoms with Crippen LogP contribution in [0.4, 0.5) is 0 Å². The van der Waals surface area contributed by atoms with Crippen molar-refractivity contribution < 1.29 is 24.9 Å². The molecule has 0 aliphatic heterocycles. The topological polar surface area (TPSA) is 87.0 Å². The third-order valence-electron chi connectivity index (χ3n) is 1.10. The first-order chi connectivity index (χ1) is 5.66. The van der Waals surface area contributed by atoms with E-state index in [0.717, 1.165) is 0 Å². The standard InChI is InChI=1S/C8H16O5/c1-7(2,3)13-6(10)4-8(11,12)5-9/h9,11-12H,4-5H2,1-3H3. The third-order valence-corrected chi connectivity index (χ3v) is 1.10. The smallest absolute Gasteiger partial charge is 0.311 e. The Hall–Kier alpha value is -0.650. The van der Waals surface area contributed by atoms with Crippen LogP contribution in [0.2, 0.25) is 0 Å². The molecule has 0 amide bonds. The van der Waals surface area contributed by atoms with Gasteiger partial charge in [0, 0.05) is 0 Å².